The maximum atomic E-state index is 12.1. The first-order valence-corrected chi connectivity index (χ1v) is 8.41. The summed E-state index contributed by atoms with van der Waals surface area (Å²) >= 11 is 0. The number of esters is 1. The van der Waals surface area contributed by atoms with Crippen LogP contribution in [-0.4, -0.2) is 18.7 Å². The van der Waals surface area contributed by atoms with Gasteiger partial charge < -0.3 is 9.47 Å². The number of carbonyl (C=O) groups excluding carboxylic acids is 1. The number of ether oxygens (including phenoxy) is 2. The van der Waals surface area contributed by atoms with Crippen LogP contribution in [0.15, 0.2) is 30.3 Å². The minimum absolute atomic E-state index is 0.258. The van der Waals surface area contributed by atoms with E-state index in [1.807, 2.05) is 25.1 Å². The first kappa shape index (κ1) is 15.1. The lowest BCUT2D eigenvalue weighted by Gasteiger charge is -2.28. The molecule has 118 valence electrons. The molecule has 0 spiro atoms. The third-order valence-corrected chi connectivity index (χ3v) is 4.54. The number of fused-ring (bicyclic) bond motifs is 1. The van der Waals surface area contributed by atoms with Crippen molar-refractivity contribution in [3.05, 3.63) is 35.9 Å². The lowest BCUT2D eigenvalue weighted by molar-refractivity contribution is -0.151. The van der Waals surface area contributed by atoms with Crippen molar-refractivity contribution in [3.63, 3.8) is 0 Å². The van der Waals surface area contributed by atoms with Gasteiger partial charge in [-0.2, -0.15) is 0 Å². The molecule has 22 heavy (non-hydrogen) atoms. The second-order valence-electron chi connectivity index (χ2n) is 6.15. The van der Waals surface area contributed by atoms with E-state index in [1.165, 1.54) is 37.7 Å². The molecule has 3 heteroatoms. The van der Waals surface area contributed by atoms with Crippen LogP contribution in [0.3, 0.4) is 0 Å². The van der Waals surface area contributed by atoms with Gasteiger partial charge in [-0.15, -0.1) is 0 Å². The Morgan fingerprint density at radius 3 is 2.82 bits per heavy atom. The van der Waals surface area contributed by atoms with Crippen molar-refractivity contribution >= 4 is 11.5 Å². The molecule has 0 saturated heterocycles. The van der Waals surface area contributed by atoms with E-state index in [-0.39, 0.29) is 5.97 Å². The van der Waals surface area contributed by atoms with E-state index in [0.717, 1.165) is 11.3 Å². The smallest absolute Gasteiger partial charge is 0.347 e. The van der Waals surface area contributed by atoms with E-state index in [4.69, 9.17) is 9.47 Å². The SMILES string of the molecule is CCOC(=O)C1C/C(=C\C2CCCCC2)c2ccccc2O1. The Labute approximate surface area is 132 Å². The Morgan fingerprint density at radius 2 is 2.05 bits per heavy atom. The lowest BCUT2D eigenvalue weighted by atomic mass is 9.85. The molecule has 0 radical (unpaired) electrons. The first-order chi connectivity index (χ1) is 10.8. The molecule has 3 rings (SSSR count). The van der Waals surface area contributed by atoms with Crippen molar-refractivity contribution in [3.8, 4) is 5.75 Å². The van der Waals surface area contributed by atoms with E-state index < -0.39 is 6.10 Å². The molecular weight excluding hydrogens is 276 g/mol. The highest BCUT2D eigenvalue weighted by atomic mass is 16.6. The number of para-hydroxylation sites is 1. The zero-order chi connectivity index (χ0) is 15.4. The molecule has 2 aliphatic rings. The number of carbonyl (C=O) groups is 1. The zero-order valence-electron chi connectivity index (χ0n) is 13.2. The van der Waals surface area contributed by atoms with Crippen LogP contribution in [0.2, 0.25) is 0 Å². The van der Waals surface area contributed by atoms with Gasteiger partial charge in [0.05, 0.1) is 6.61 Å². The molecular formula is C19H24O3. The minimum atomic E-state index is -0.510. The summed E-state index contributed by atoms with van der Waals surface area (Å²) in [6, 6.07) is 8.01. The minimum Gasteiger partial charge on any atom is -0.478 e. The predicted molar refractivity (Wildman–Crippen MR) is 86.7 cm³/mol. The standard InChI is InChI=1S/C19H24O3/c1-2-21-19(20)18-13-15(12-14-8-4-3-5-9-14)16-10-6-7-11-17(16)22-18/h6-7,10-12,14,18H,2-5,8-9,13H2,1H3/b15-12+. The Bertz CT molecular complexity index is 556. The zero-order valence-corrected chi connectivity index (χ0v) is 13.2. The van der Waals surface area contributed by atoms with E-state index in [1.54, 1.807) is 0 Å². The average Bonchev–Trinajstić information content (AvgIpc) is 2.56. The van der Waals surface area contributed by atoms with Gasteiger partial charge in [0.15, 0.2) is 6.10 Å². The van der Waals surface area contributed by atoms with Crippen LogP contribution in [0.4, 0.5) is 0 Å². The summed E-state index contributed by atoms with van der Waals surface area (Å²) in [4.78, 5) is 12.1. The van der Waals surface area contributed by atoms with E-state index in [2.05, 4.69) is 12.1 Å². The van der Waals surface area contributed by atoms with Gasteiger partial charge in [0, 0.05) is 12.0 Å². The van der Waals surface area contributed by atoms with Crippen LogP contribution in [0.25, 0.3) is 5.57 Å². The molecule has 0 amide bonds. The fraction of sp³-hybridized carbons (Fsp3) is 0.526. The summed E-state index contributed by atoms with van der Waals surface area (Å²) in [6.07, 6.45) is 8.99. The largest absolute Gasteiger partial charge is 0.478 e. The van der Waals surface area contributed by atoms with Gasteiger partial charge in [-0.25, -0.2) is 4.79 Å². The van der Waals surface area contributed by atoms with Gasteiger partial charge >= 0.3 is 5.97 Å². The Morgan fingerprint density at radius 1 is 1.27 bits per heavy atom. The number of allylic oxidation sites excluding steroid dienone is 1. The summed E-state index contributed by atoms with van der Waals surface area (Å²) in [5.41, 5.74) is 2.38. The van der Waals surface area contributed by atoms with E-state index in [9.17, 15) is 4.79 Å². The second kappa shape index (κ2) is 6.99. The molecule has 3 nitrogen and oxygen atoms in total. The highest BCUT2D eigenvalue weighted by molar-refractivity contribution is 5.82. The molecule has 1 aliphatic carbocycles. The van der Waals surface area contributed by atoms with E-state index >= 15 is 0 Å². The molecule has 1 atom stereocenters. The van der Waals surface area contributed by atoms with Crippen molar-refractivity contribution < 1.29 is 14.3 Å². The Hall–Kier alpha value is -1.77. The topological polar surface area (TPSA) is 35.5 Å². The van der Waals surface area contributed by atoms with Gasteiger partial charge in [-0.3, -0.25) is 0 Å². The molecule has 0 N–H and O–H groups in total. The van der Waals surface area contributed by atoms with Gasteiger partial charge in [-0.1, -0.05) is 43.5 Å². The van der Waals surface area contributed by atoms with Crippen LogP contribution in [-0.2, 0) is 9.53 Å². The molecule has 1 aromatic carbocycles. The molecule has 0 bridgehead atoms. The maximum absolute atomic E-state index is 12.1. The molecule has 1 aliphatic heterocycles. The summed E-state index contributed by atoms with van der Waals surface area (Å²) in [6.45, 7) is 2.22. The van der Waals surface area contributed by atoms with Gasteiger partial charge in [0.25, 0.3) is 0 Å². The van der Waals surface area contributed by atoms with Crippen molar-refractivity contribution in [1.82, 2.24) is 0 Å². The molecule has 1 aromatic rings. The molecule has 1 saturated carbocycles. The summed E-state index contributed by atoms with van der Waals surface area (Å²) < 4.78 is 11.0. The maximum Gasteiger partial charge on any atom is 0.347 e. The molecule has 1 fully saturated rings. The highest BCUT2D eigenvalue weighted by Gasteiger charge is 2.30. The number of rotatable bonds is 3. The van der Waals surface area contributed by atoms with Crippen LogP contribution >= 0.6 is 0 Å². The Balaban J connectivity index is 1.86. The Kier molecular flexibility index (Phi) is 4.81. The van der Waals surface area contributed by atoms with Crippen LogP contribution in [0.5, 0.6) is 5.75 Å². The average molecular weight is 300 g/mol. The lowest BCUT2D eigenvalue weighted by Crippen LogP contribution is -2.32. The molecule has 1 heterocycles. The normalized spacial score (nSPS) is 23.7. The third kappa shape index (κ3) is 3.34. The van der Waals surface area contributed by atoms with Gasteiger partial charge in [0.1, 0.15) is 5.75 Å². The fourth-order valence-electron chi connectivity index (χ4n) is 3.45. The van der Waals surface area contributed by atoms with Gasteiger partial charge in [-0.05, 0) is 37.3 Å². The number of hydrogen-bond acceptors (Lipinski definition) is 3. The predicted octanol–water partition coefficient (Wildman–Crippen LogP) is 4.36. The quantitative estimate of drug-likeness (QED) is 0.778. The fourth-order valence-corrected chi connectivity index (χ4v) is 3.45. The van der Waals surface area contributed by atoms with Gasteiger partial charge in [0.2, 0.25) is 0 Å². The van der Waals surface area contributed by atoms with Crippen LogP contribution in [0.1, 0.15) is 51.0 Å². The second-order valence-corrected chi connectivity index (χ2v) is 6.15. The summed E-state index contributed by atoms with van der Waals surface area (Å²) in [7, 11) is 0. The van der Waals surface area contributed by atoms with Crippen molar-refractivity contribution in [2.75, 3.05) is 6.61 Å². The van der Waals surface area contributed by atoms with Crippen molar-refractivity contribution in [2.24, 2.45) is 5.92 Å². The molecule has 0 aromatic heterocycles. The van der Waals surface area contributed by atoms with Crippen LogP contribution in [0, 0.1) is 5.92 Å². The number of benzene rings is 1. The summed E-state index contributed by atoms with van der Waals surface area (Å²) in [5, 5.41) is 0. The van der Waals surface area contributed by atoms with Crippen molar-refractivity contribution in [1.29, 1.82) is 0 Å². The van der Waals surface area contributed by atoms with Crippen LogP contribution < -0.4 is 4.74 Å². The first-order valence-electron chi connectivity index (χ1n) is 8.41. The summed E-state index contributed by atoms with van der Waals surface area (Å²) in [5.74, 6) is 1.18. The number of hydrogen-bond donors (Lipinski definition) is 0. The monoisotopic (exact) mass is 300 g/mol. The molecule has 1 unspecified atom stereocenters. The highest BCUT2D eigenvalue weighted by Crippen LogP contribution is 2.38. The van der Waals surface area contributed by atoms with Crippen molar-refractivity contribution in [2.45, 2.75) is 51.6 Å². The third-order valence-electron chi connectivity index (χ3n) is 4.54. The van der Waals surface area contributed by atoms with E-state index in [0.29, 0.717) is 18.9 Å².